The molecule has 0 aliphatic carbocycles. The van der Waals surface area contributed by atoms with Crippen LogP contribution in [-0.4, -0.2) is 26.9 Å². The summed E-state index contributed by atoms with van der Waals surface area (Å²) in [5.41, 5.74) is 1.15. The molecule has 0 spiro atoms. The molecule has 5 nitrogen and oxygen atoms in total. The highest BCUT2D eigenvalue weighted by atomic mass is 32.2. The number of para-hydroxylation sites is 1. The van der Waals surface area contributed by atoms with Crippen LogP contribution < -0.4 is 9.62 Å². The third kappa shape index (κ3) is 3.18. The molecule has 0 aromatic heterocycles. The van der Waals surface area contributed by atoms with Crippen LogP contribution in [0.2, 0.25) is 0 Å². The Morgan fingerprint density at radius 1 is 1.17 bits per heavy atom. The first-order valence-corrected chi connectivity index (χ1v) is 9.02. The largest absolute Gasteiger partial charge is 0.311 e. The Morgan fingerprint density at radius 3 is 2.58 bits per heavy atom. The molecule has 1 atom stereocenters. The van der Waals surface area contributed by atoms with E-state index in [4.69, 9.17) is 0 Å². The zero-order chi connectivity index (χ0) is 17.3. The summed E-state index contributed by atoms with van der Waals surface area (Å²) in [5, 5.41) is 0. The summed E-state index contributed by atoms with van der Waals surface area (Å²) in [6.45, 7) is 2.01. The van der Waals surface area contributed by atoms with Gasteiger partial charge in [0.1, 0.15) is 11.9 Å². The number of halogens is 1. The molecule has 1 saturated heterocycles. The summed E-state index contributed by atoms with van der Waals surface area (Å²) in [6, 6.07) is 11.8. The van der Waals surface area contributed by atoms with Gasteiger partial charge in [-0.3, -0.25) is 4.79 Å². The maximum atomic E-state index is 13.4. The average Bonchev–Trinajstić information content (AvgIpc) is 2.91. The van der Waals surface area contributed by atoms with E-state index in [1.54, 1.807) is 24.0 Å². The number of anilines is 1. The van der Waals surface area contributed by atoms with Crippen LogP contribution in [0.5, 0.6) is 0 Å². The van der Waals surface area contributed by atoms with E-state index in [0.717, 1.165) is 11.8 Å². The third-order valence-corrected chi connectivity index (χ3v) is 5.62. The molecule has 7 heteroatoms. The minimum Gasteiger partial charge on any atom is -0.311 e. The lowest BCUT2D eigenvalue weighted by atomic mass is 10.2. The quantitative estimate of drug-likeness (QED) is 0.921. The number of carbonyl (C=O) groups excluding carboxylic acids is 1. The molecule has 0 saturated carbocycles. The molecule has 1 aliphatic rings. The lowest BCUT2D eigenvalue weighted by Crippen LogP contribution is -2.41. The van der Waals surface area contributed by atoms with Gasteiger partial charge in [-0.25, -0.2) is 12.8 Å². The highest BCUT2D eigenvalue weighted by Crippen LogP contribution is 2.23. The van der Waals surface area contributed by atoms with Gasteiger partial charge in [0.05, 0.1) is 4.90 Å². The SMILES string of the molecule is Cc1ccc(F)cc1S(=O)(=O)N[C@@H]1CCN(c2ccccc2)C1=O. The van der Waals surface area contributed by atoms with Crippen molar-refractivity contribution in [3.63, 3.8) is 0 Å². The van der Waals surface area contributed by atoms with Crippen molar-refractivity contribution in [2.75, 3.05) is 11.4 Å². The lowest BCUT2D eigenvalue weighted by Gasteiger charge is -2.17. The molecule has 3 rings (SSSR count). The van der Waals surface area contributed by atoms with Crippen LogP contribution in [-0.2, 0) is 14.8 Å². The normalized spacial score (nSPS) is 18.2. The number of rotatable bonds is 4. The predicted octanol–water partition coefficient (Wildman–Crippen LogP) is 2.22. The Morgan fingerprint density at radius 2 is 1.88 bits per heavy atom. The van der Waals surface area contributed by atoms with E-state index in [-0.39, 0.29) is 10.8 Å². The number of nitrogens with zero attached hydrogens (tertiary/aromatic N) is 1. The van der Waals surface area contributed by atoms with Crippen LogP contribution in [0.1, 0.15) is 12.0 Å². The Balaban J connectivity index is 1.81. The van der Waals surface area contributed by atoms with E-state index in [2.05, 4.69) is 4.72 Å². The highest BCUT2D eigenvalue weighted by molar-refractivity contribution is 7.89. The van der Waals surface area contributed by atoms with Gasteiger partial charge in [-0.1, -0.05) is 24.3 Å². The average molecular weight is 348 g/mol. The van der Waals surface area contributed by atoms with Crippen molar-refractivity contribution in [3.8, 4) is 0 Å². The molecular weight excluding hydrogens is 331 g/mol. The van der Waals surface area contributed by atoms with Gasteiger partial charge in [-0.2, -0.15) is 4.72 Å². The Kier molecular flexibility index (Phi) is 4.38. The number of nitrogens with one attached hydrogen (secondary N) is 1. The van der Waals surface area contributed by atoms with Crippen molar-refractivity contribution >= 4 is 21.6 Å². The van der Waals surface area contributed by atoms with Crippen molar-refractivity contribution in [1.82, 2.24) is 4.72 Å². The second-order valence-corrected chi connectivity index (χ2v) is 7.38. The zero-order valence-electron chi connectivity index (χ0n) is 13.1. The molecule has 0 bridgehead atoms. The van der Waals surface area contributed by atoms with Crippen molar-refractivity contribution < 1.29 is 17.6 Å². The molecule has 0 radical (unpaired) electrons. The molecule has 126 valence electrons. The first-order valence-electron chi connectivity index (χ1n) is 7.53. The molecule has 2 aromatic rings. The van der Waals surface area contributed by atoms with E-state index >= 15 is 0 Å². The van der Waals surface area contributed by atoms with Crippen LogP contribution in [0.15, 0.2) is 53.4 Å². The summed E-state index contributed by atoms with van der Waals surface area (Å²) in [7, 11) is -3.97. The summed E-state index contributed by atoms with van der Waals surface area (Å²) >= 11 is 0. The van der Waals surface area contributed by atoms with Crippen molar-refractivity contribution in [1.29, 1.82) is 0 Å². The molecular formula is C17H17FN2O3S. The first-order chi connectivity index (χ1) is 11.4. The molecule has 1 heterocycles. The van der Waals surface area contributed by atoms with Crippen LogP contribution in [0.4, 0.5) is 10.1 Å². The maximum Gasteiger partial charge on any atom is 0.245 e. The number of hydrogen-bond donors (Lipinski definition) is 1. The van der Waals surface area contributed by atoms with E-state index < -0.39 is 21.9 Å². The van der Waals surface area contributed by atoms with Crippen molar-refractivity contribution in [2.45, 2.75) is 24.3 Å². The summed E-state index contributed by atoms with van der Waals surface area (Å²) in [6.07, 6.45) is 0.362. The standard InChI is InChI=1S/C17H17FN2O3S/c1-12-7-8-13(18)11-16(12)24(22,23)19-15-9-10-20(17(15)21)14-5-3-2-4-6-14/h2-8,11,15,19H,9-10H2,1H3/t15-/m1/s1. The Hall–Kier alpha value is -2.25. The Bertz CT molecular complexity index is 869. The van der Waals surface area contributed by atoms with E-state index in [0.29, 0.717) is 18.5 Å². The molecule has 24 heavy (non-hydrogen) atoms. The minimum absolute atomic E-state index is 0.145. The molecule has 1 N–H and O–H groups in total. The fourth-order valence-electron chi connectivity index (χ4n) is 2.77. The highest BCUT2D eigenvalue weighted by Gasteiger charge is 2.36. The second kappa shape index (κ2) is 6.33. The van der Waals surface area contributed by atoms with Gasteiger partial charge in [-0.15, -0.1) is 0 Å². The topological polar surface area (TPSA) is 66.5 Å². The fourth-order valence-corrected chi connectivity index (χ4v) is 4.25. The first kappa shape index (κ1) is 16.6. The Labute approximate surface area is 140 Å². The number of hydrogen-bond acceptors (Lipinski definition) is 3. The van der Waals surface area contributed by atoms with Crippen LogP contribution in [0.25, 0.3) is 0 Å². The van der Waals surface area contributed by atoms with E-state index in [1.165, 1.54) is 12.1 Å². The molecule has 1 aliphatic heterocycles. The maximum absolute atomic E-state index is 13.4. The van der Waals surface area contributed by atoms with Crippen molar-refractivity contribution in [3.05, 3.63) is 59.9 Å². The smallest absolute Gasteiger partial charge is 0.245 e. The molecule has 1 amide bonds. The monoisotopic (exact) mass is 348 g/mol. The predicted molar refractivity (Wildman–Crippen MR) is 88.7 cm³/mol. The molecule has 2 aromatic carbocycles. The van der Waals surface area contributed by atoms with Gasteiger partial charge in [0.15, 0.2) is 0 Å². The van der Waals surface area contributed by atoms with Crippen LogP contribution in [0, 0.1) is 12.7 Å². The van der Waals surface area contributed by atoms with E-state index in [1.807, 2.05) is 18.2 Å². The summed E-state index contributed by atoms with van der Waals surface area (Å²) in [5.74, 6) is -0.941. The lowest BCUT2D eigenvalue weighted by molar-refractivity contribution is -0.118. The fraction of sp³-hybridized carbons (Fsp3) is 0.235. The number of aryl methyl sites for hydroxylation is 1. The van der Waals surface area contributed by atoms with Gasteiger partial charge in [-0.05, 0) is 43.2 Å². The van der Waals surface area contributed by atoms with Gasteiger partial charge < -0.3 is 4.90 Å². The van der Waals surface area contributed by atoms with Crippen LogP contribution >= 0.6 is 0 Å². The van der Waals surface area contributed by atoms with Gasteiger partial charge in [0, 0.05) is 12.2 Å². The van der Waals surface area contributed by atoms with Crippen molar-refractivity contribution in [2.24, 2.45) is 0 Å². The minimum atomic E-state index is -3.97. The second-order valence-electron chi connectivity index (χ2n) is 5.70. The van der Waals surface area contributed by atoms with Gasteiger partial charge >= 0.3 is 0 Å². The van der Waals surface area contributed by atoms with E-state index in [9.17, 15) is 17.6 Å². The molecule has 1 fully saturated rings. The van der Waals surface area contributed by atoms with Crippen LogP contribution in [0.3, 0.4) is 0 Å². The summed E-state index contributed by atoms with van der Waals surface area (Å²) in [4.78, 5) is 13.9. The third-order valence-electron chi connectivity index (χ3n) is 4.01. The number of amides is 1. The van der Waals surface area contributed by atoms with Gasteiger partial charge in [0.25, 0.3) is 0 Å². The van der Waals surface area contributed by atoms with Gasteiger partial charge in [0.2, 0.25) is 15.9 Å². The number of sulfonamides is 1. The number of carbonyl (C=O) groups is 1. The molecule has 0 unspecified atom stereocenters. The zero-order valence-corrected chi connectivity index (χ0v) is 13.9. The summed E-state index contributed by atoms with van der Waals surface area (Å²) < 4.78 is 40.8. The number of benzene rings is 2.